The molecule has 1 saturated heterocycles. The number of rotatable bonds is 0. The van der Waals surface area contributed by atoms with Crippen LogP contribution in [0.1, 0.15) is 0 Å². The number of hydrogen-bond donors (Lipinski definition) is 2. The number of nitrogens with one attached hydrogen (secondary N) is 2. The van der Waals surface area contributed by atoms with Crippen LogP contribution < -0.4 is 10.6 Å². The number of amides is 2. The second-order valence-electron chi connectivity index (χ2n) is 3.42. The molecule has 98 valence electrons. The van der Waals surface area contributed by atoms with Crippen LogP contribution in [0.4, 0.5) is 0 Å². The molecule has 6 nitrogen and oxygen atoms in total. The second-order valence-corrected chi connectivity index (χ2v) is 4.40. The third kappa shape index (κ3) is 8.00. The molecule has 1 rings (SSSR count). The number of hydrogen-bond acceptors (Lipinski definition) is 5. The van der Waals surface area contributed by atoms with E-state index in [1.54, 1.807) is 0 Å². The van der Waals surface area contributed by atoms with Crippen molar-refractivity contribution in [3.05, 3.63) is 0 Å². The maximum atomic E-state index is 11.3. The van der Waals surface area contributed by atoms with E-state index < -0.39 is 0 Å². The van der Waals surface area contributed by atoms with Crippen LogP contribution in [-0.2, 0) is 19.1 Å². The average Bonchev–Trinajstić information content (AvgIpc) is 2.31. The molecule has 0 radical (unpaired) electrons. The van der Waals surface area contributed by atoms with Gasteiger partial charge >= 0.3 is 0 Å². The summed E-state index contributed by atoms with van der Waals surface area (Å²) >= 11 is 1.30. The summed E-state index contributed by atoms with van der Waals surface area (Å²) in [4.78, 5) is 22.6. The van der Waals surface area contributed by atoms with E-state index in [2.05, 4.69) is 10.6 Å². The molecule has 0 atom stereocenters. The third-order valence-corrected chi connectivity index (χ3v) is 2.91. The van der Waals surface area contributed by atoms with Crippen molar-refractivity contribution in [1.29, 1.82) is 0 Å². The maximum absolute atomic E-state index is 11.3. The molecule has 0 aromatic heterocycles. The maximum Gasteiger partial charge on any atom is 0.230 e. The lowest BCUT2D eigenvalue weighted by Gasteiger charge is -2.06. The zero-order valence-corrected chi connectivity index (χ0v) is 10.5. The largest absolute Gasteiger partial charge is 0.377 e. The summed E-state index contributed by atoms with van der Waals surface area (Å²) in [6, 6.07) is 0. The van der Waals surface area contributed by atoms with Gasteiger partial charge in [0, 0.05) is 13.1 Å². The highest BCUT2D eigenvalue weighted by atomic mass is 32.2. The van der Waals surface area contributed by atoms with E-state index in [1.807, 2.05) is 0 Å². The summed E-state index contributed by atoms with van der Waals surface area (Å²) in [5.41, 5.74) is 0. The van der Waals surface area contributed by atoms with Gasteiger partial charge in [-0.2, -0.15) is 0 Å². The second kappa shape index (κ2) is 9.26. The Balaban J connectivity index is 2.24. The molecule has 0 spiro atoms. The van der Waals surface area contributed by atoms with E-state index in [0.717, 1.165) is 0 Å². The van der Waals surface area contributed by atoms with Gasteiger partial charge in [-0.25, -0.2) is 0 Å². The van der Waals surface area contributed by atoms with Gasteiger partial charge in [0.25, 0.3) is 0 Å². The fourth-order valence-corrected chi connectivity index (χ4v) is 1.86. The van der Waals surface area contributed by atoms with Crippen molar-refractivity contribution in [2.24, 2.45) is 0 Å². The van der Waals surface area contributed by atoms with Crippen molar-refractivity contribution in [1.82, 2.24) is 10.6 Å². The minimum atomic E-state index is -0.0717. The monoisotopic (exact) mass is 262 g/mol. The van der Waals surface area contributed by atoms with Crippen molar-refractivity contribution in [2.75, 3.05) is 51.0 Å². The molecule has 0 saturated carbocycles. The lowest BCUT2D eigenvalue weighted by molar-refractivity contribution is -0.119. The van der Waals surface area contributed by atoms with Crippen LogP contribution >= 0.6 is 11.8 Å². The van der Waals surface area contributed by atoms with Gasteiger partial charge in [-0.3, -0.25) is 9.59 Å². The quantitative estimate of drug-likeness (QED) is 0.585. The van der Waals surface area contributed by atoms with Gasteiger partial charge in [0.2, 0.25) is 11.8 Å². The van der Waals surface area contributed by atoms with Gasteiger partial charge in [-0.15, -0.1) is 11.8 Å². The Morgan fingerprint density at radius 1 is 0.824 bits per heavy atom. The molecule has 2 amide bonds. The smallest absolute Gasteiger partial charge is 0.230 e. The number of carbonyl (C=O) groups is 2. The standard InChI is InChI=1S/C10H18N2O4S/c13-9-7-17-8-10(14)12-2-4-16-6-5-15-3-1-11-9/h1-8H2,(H,11,13)(H,12,14). The molecule has 17 heavy (non-hydrogen) atoms. The normalized spacial score (nSPS) is 21.9. The molecule has 1 fully saturated rings. The molecule has 1 heterocycles. The first-order chi connectivity index (χ1) is 8.29. The topological polar surface area (TPSA) is 76.7 Å². The predicted molar refractivity (Wildman–Crippen MR) is 65.0 cm³/mol. The van der Waals surface area contributed by atoms with Gasteiger partial charge in [0.05, 0.1) is 37.9 Å². The van der Waals surface area contributed by atoms with E-state index in [9.17, 15) is 9.59 Å². The Kier molecular flexibility index (Phi) is 7.78. The molecule has 0 aliphatic carbocycles. The summed E-state index contributed by atoms with van der Waals surface area (Å²) < 4.78 is 10.5. The van der Waals surface area contributed by atoms with Crippen LogP contribution in [0.5, 0.6) is 0 Å². The Labute approximate surface area is 105 Å². The summed E-state index contributed by atoms with van der Waals surface area (Å²) in [5, 5.41) is 5.42. The van der Waals surface area contributed by atoms with Crippen LogP contribution in [0.15, 0.2) is 0 Å². The Morgan fingerprint density at radius 2 is 1.29 bits per heavy atom. The van der Waals surface area contributed by atoms with Gasteiger partial charge in [0.1, 0.15) is 0 Å². The fraction of sp³-hybridized carbons (Fsp3) is 0.800. The number of ether oxygens (including phenoxy) is 2. The van der Waals surface area contributed by atoms with Crippen molar-refractivity contribution >= 4 is 23.6 Å². The van der Waals surface area contributed by atoms with Gasteiger partial charge in [0.15, 0.2) is 0 Å². The van der Waals surface area contributed by atoms with Crippen molar-refractivity contribution in [2.45, 2.75) is 0 Å². The first-order valence-corrected chi connectivity index (χ1v) is 6.71. The zero-order chi connectivity index (χ0) is 12.3. The molecule has 1 aliphatic heterocycles. The molecule has 1 aliphatic rings. The van der Waals surface area contributed by atoms with Crippen LogP contribution in [0, 0.1) is 0 Å². The minimum absolute atomic E-state index is 0.0717. The summed E-state index contributed by atoms with van der Waals surface area (Å²) in [6.45, 7) is 2.95. The molecule has 7 heteroatoms. The molecule has 0 aromatic carbocycles. The first-order valence-electron chi connectivity index (χ1n) is 5.55. The highest BCUT2D eigenvalue weighted by molar-refractivity contribution is 8.00. The molecule has 0 aromatic rings. The van der Waals surface area contributed by atoms with Crippen molar-refractivity contribution in [3.8, 4) is 0 Å². The van der Waals surface area contributed by atoms with E-state index in [-0.39, 0.29) is 11.8 Å². The van der Waals surface area contributed by atoms with Crippen molar-refractivity contribution in [3.63, 3.8) is 0 Å². The molecular formula is C10H18N2O4S. The summed E-state index contributed by atoms with van der Waals surface area (Å²) in [7, 11) is 0. The predicted octanol–water partition coefficient (Wildman–Crippen LogP) is -1.00. The van der Waals surface area contributed by atoms with Gasteiger partial charge < -0.3 is 20.1 Å². The van der Waals surface area contributed by atoms with Crippen LogP contribution in [0.2, 0.25) is 0 Å². The van der Waals surface area contributed by atoms with E-state index >= 15 is 0 Å². The Hall–Kier alpha value is -0.790. The Morgan fingerprint density at radius 3 is 1.76 bits per heavy atom. The molecule has 2 N–H and O–H groups in total. The lowest BCUT2D eigenvalue weighted by atomic mass is 10.6. The SMILES string of the molecule is O=C1CSCC(=O)NCCOCCOCCN1. The zero-order valence-electron chi connectivity index (χ0n) is 9.70. The molecule has 0 bridgehead atoms. The lowest BCUT2D eigenvalue weighted by Crippen LogP contribution is -2.30. The van der Waals surface area contributed by atoms with E-state index in [1.165, 1.54) is 11.8 Å². The van der Waals surface area contributed by atoms with E-state index in [0.29, 0.717) is 51.0 Å². The van der Waals surface area contributed by atoms with E-state index in [4.69, 9.17) is 9.47 Å². The number of carbonyl (C=O) groups excluding carboxylic acids is 2. The highest BCUT2D eigenvalue weighted by Crippen LogP contribution is 1.98. The van der Waals surface area contributed by atoms with Gasteiger partial charge in [-0.05, 0) is 0 Å². The summed E-state index contributed by atoms with van der Waals surface area (Å²) in [6.07, 6.45) is 0. The van der Waals surface area contributed by atoms with Crippen LogP contribution in [-0.4, -0.2) is 62.8 Å². The van der Waals surface area contributed by atoms with Crippen LogP contribution in [0.3, 0.4) is 0 Å². The highest BCUT2D eigenvalue weighted by Gasteiger charge is 2.05. The summed E-state index contributed by atoms with van der Waals surface area (Å²) in [5.74, 6) is 0.448. The third-order valence-electron chi connectivity index (χ3n) is 1.98. The first kappa shape index (κ1) is 14.3. The molecule has 0 unspecified atom stereocenters. The van der Waals surface area contributed by atoms with Crippen molar-refractivity contribution < 1.29 is 19.1 Å². The van der Waals surface area contributed by atoms with Crippen LogP contribution in [0.25, 0.3) is 0 Å². The minimum Gasteiger partial charge on any atom is -0.377 e. The molecular weight excluding hydrogens is 244 g/mol. The average molecular weight is 262 g/mol. The fourth-order valence-electron chi connectivity index (χ4n) is 1.19. The number of thioether (sulfide) groups is 1. The Bertz CT molecular complexity index is 226. The van der Waals surface area contributed by atoms with Gasteiger partial charge in [-0.1, -0.05) is 0 Å².